The number of ether oxygens (including phenoxy) is 1. The van der Waals surface area contributed by atoms with E-state index in [0.29, 0.717) is 13.1 Å². The lowest BCUT2D eigenvalue weighted by atomic mass is 10.2. The van der Waals surface area contributed by atoms with Crippen LogP contribution in [0.25, 0.3) is 16.3 Å². The Morgan fingerprint density at radius 1 is 1.06 bits per heavy atom. The van der Waals surface area contributed by atoms with Crippen molar-refractivity contribution in [2.45, 2.75) is 19.6 Å². The molecule has 1 atom stereocenters. The van der Waals surface area contributed by atoms with Gasteiger partial charge in [-0.25, -0.2) is 9.78 Å². The van der Waals surface area contributed by atoms with E-state index in [1.807, 2.05) is 42.5 Å². The van der Waals surface area contributed by atoms with Gasteiger partial charge in [-0.1, -0.05) is 42.5 Å². The summed E-state index contributed by atoms with van der Waals surface area (Å²) in [7, 11) is 0. The van der Waals surface area contributed by atoms with Gasteiger partial charge in [-0.05, 0) is 30.7 Å². The number of thiazole rings is 1. The summed E-state index contributed by atoms with van der Waals surface area (Å²) in [6, 6.07) is 18.1. The molecule has 0 aliphatic carbocycles. The Morgan fingerprint density at radius 3 is 2.52 bits per heavy atom. The van der Waals surface area contributed by atoms with E-state index < -0.39 is 12.1 Å². The van der Waals surface area contributed by atoms with Gasteiger partial charge in [-0.2, -0.15) is 0 Å². The summed E-state index contributed by atoms with van der Waals surface area (Å²) in [6.45, 7) is 5.38. The minimum Gasteiger partial charge on any atom is -0.449 e. The normalized spacial score (nSPS) is 16.0. The van der Waals surface area contributed by atoms with Gasteiger partial charge in [0.2, 0.25) is 0 Å². The van der Waals surface area contributed by atoms with Gasteiger partial charge >= 0.3 is 5.97 Å². The Hall–Kier alpha value is -3.03. The van der Waals surface area contributed by atoms with Crippen LogP contribution in [0.2, 0.25) is 0 Å². The Morgan fingerprint density at radius 2 is 1.77 bits per heavy atom. The Bertz CT molecular complexity index is 1040. The number of benzene rings is 2. The summed E-state index contributed by atoms with van der Waals surface area (Å²) in [5.41, 5.74) is 2.17. The molecule has 0 radical (unpaired) electrons. The van der Waals surface area contributed by atoms with Crippen molar-refractivity contribution < 1.29 is 14.3 Å². The maximum Gasteiger partial charge on any atom is 0.331 e. The smallest absolute Gasteiger partial charge is 0.331 e. The van der Waals surface area contributed by atoms with E-state index in [1.165, 1.54) is 23.0 Å². The van der Waals surface area contributed by atoms with Crippen molar-refractivity contribution in [3.8, 4) is 0 Å². The molecule has 0 N–H and O–H groups in total. The van der Waals surface area contributed by atoms with Gasteiger partial charge in [0.1, 0.15) is 5.01 Å². The van der Waals surface area contributed by atoms with Gasteiger partial charge in [0.05, 0.1) is 10.2 Å². The van der Waals surface area contributed by atoms with Crippen molar-refractivity contribution in [3.63, 3.8) is 0 Å². The van der Waals surface area contributed by atoms with Crippen LogP contribution in [-0.2, 0) is 20.9 Å². The summed E-state index contributed by atoms with van der Waals surface area (Å²) < 4.78 is 6.39. The van der Waals surface area contributed by atoms with Crippen LogP contribution in [0.3, 0.4) is 0 Å². The number of aromatic nitrogens is 1. The summed E-state index contributed by atoms with van der Waals surface area (Å²) in [5, 5.41) is 0.728. The largest absolute Gasteiger partial charge is 0.449 e. The van der Waals surface area contributed by atoms with Crippen molar-refractivity contribution in [1.82, 2.24) is 14.8 Å². The predicted octanol–water partition coefficient (Wildman–Crippen LogP) is 3.59. The lowest BCUT2D eigenvalue weighted by Gasteiger charge is -2.35. The molecule has 1 aromatic heterocycles. The number of amides is 1. The zero-order chi connectivity index (χ0) is 21.6. The van der Waals surface area contributed by atoms with E-state index in [4.69, 9.17) is 4.74 Å². The number of piperazine rings is 1. The molecule has 6 nitrogen and oxygen atoms in total. The lowest BCUT2D eigenvalue weighted by molar-refractivity contribution is -0.156. The first-order chi connectivity index (χ1) is 15.1. The van der Waals surface area contributed by atoms with E-state index >= 15 is 0 Å². The van der Waals surface area contributed by atoms with Gasteiger partial charge in [0, 0.05) is 38.8 Å². The fourth-order valence-electron chi connectivity index (χ4n) is 3.59. The zero-order valence-corrected chi connectivity index (χ0v) is 18.3. The number of carbonyl (C=O) groups excluding carboxylic acids is 2. The first kappa shape index (κ1) is 21.2. The number of nitrogens with zero attached hydrogens (tertiary/aromatic N) is 3. The maximum absolute atomic E-state index is 12.7. The predicted molar refractivity (Wildman–Crippen MR) is 123 cm³/mol. The summed E-state index contributed by atoms with van der Waals surface area (Å²) in [4.78, 5) is 33.4. The Kier molecular flexibility index (Phi) is 6.74. The molecule has 1 aliphatic rings. The highest BCUT2D eigenvalue weighted by molar-refractivity contribution is 7.19. The standard InChI is InChI=1S/C24H25N3O3S/c1-18(30-23(28)12-11-22-25-20-9-5-6-10-21(20)31-22)24(29)27-15-13-26(14-16-27)17-19-7-3-2-4-8-19/h2-12,18H,13-17H2,1H3/b12-11+. The first-order valence-electron chi connectivity index (χ1n) is 10.4. The second-order valence-electron chi connectivity index (χ2n) is 7.52. The minimum atomic E-state index is -0.812. The van der Waals surface area contributed by atoms with Crippen LogP contribution in [0.4, 0.5) is 0 Å². The van der Waals surface area contributed by atoms with Crippen molar-refractivity contribution in [3.05, 3.63) is 71.2 Å². The highest BCUT2D eigenvalue weighted by Crippen LogP contribution is 2.22. The number of fused-ring (bicyclic) bond motifs is 1. The molecule has 0 bridgehead atoms. The number of hydrogen-bond donors (Lipinski definition) is 0. The molecule has 2 heterocycles. The van der Waals surface area contributed by atoms with E-state index in [2.05, 4.69) is 22.0 Å². The molecule has 1 unspecified atom stereocenters. The van der Waals surface area contributed by atoms with Gasteiger partial charge in [-0.3, -0.25) is 9.69 Å². The van der Waals surface area contributed by atoms with Crippen LogP contribution < -0.4 is 0 Å². The third kappa shape index (κ3) is 5.57. The molecule has 0 saturated carbocycles. The molecule has 1 aliphatic heterocycles. The van der Waals surface area contributed by atoms with Crippen LogP contribution in [0, 0.1) is 0 Å². The molecule has 31 heavy (non-hydrogen) atoms. The molecule has 1 fully saturated rings. The summed E-state index contributed by atoms with van der Waals surface area (Å²) in [6.07, 6.45) is 2.15. The van der Waals surface area contributed by atoms with E-state index in [-0.39, 0.29) is 5.91 Å². The second-order valence-corrected chi connectivity index (χ2v) is 8.58. The SMILES string of the molecule is CC(OC(=O)/C=C/c1nc2ccccc2s1)C(=O)N1CCN(Cc2ccccc2)CC1. The zero-order valence-electron chi connectivity index (χ0n) is 17.4. The van der Waals surface area contributed by atoms with Gasteiger partial charge in [-0.15, -0.1) is 11.3 Å². The second kappa shape index (κ2) is 9.85. The first-order valence-corrected chi connectivity index (χ1v) is 11.2. The lowest BCUT2D eigenvalue weighted by Crippen LogP contribution is -2.51. The third-order valence-electron chi connectivity index (χ3n) is 5.25. The highest BCUT2D eigenvalue weighted by Gasteiger charge is 2.26. The fraction of sp³-hybridized carbons (Fsp3) is 0.292. The van der Waals surface area contributed by atoms with Gasteiger partial charge in [0.15, 0.2) is 6.10 Å². The highest BCUT2D eigenvalue weighted by atomic mass is 32.1. The molecular formula is C24H25N3O3S. The molecule has 1 saturated heterocycles. The van der Waals surface area contributed by atoms with Crippen molar-refractivity contribution >= 4 is 39.5 Å². The molecule has 3 aromatic rings. The molecule has 7 heteroatoms. The summed E-state index contributed by atoms with van der Waals surface area (Å²) in [5.74, 6) is -0.691. The quantitative estimate of drug-likeness (QED) is 0.437. The fourth-order valence-corrected chi connectivity index (χ4v) is 4.46. The topological polar surface area (TPSA) is 62.7 Å². The van der Waals surface area contributed by atoms with Crippen LogP contribution in [-0.4, -0.2) is 58.9 Å². The third-order valence-corrected chi connectivity index (χ3v) is 6.25. The molecule has 1 amide bonds. The number of hydrogen-bond acceptors (Lipinski definition) is 6. The molecule has 2 aromatic carbocycles. The number of para-hydroxylation sites is 1. The van der Waals surface area contributed by atoms with E-state index in [0.717, 1.165) is 34.9 Å². The van der Waals surface area contributed by atoms with Crippen LogP contribution >= 0.6 is 11.3 Å². The van der Waals surface area contributed by atoms with Crippen LogP contribution in [0.5, 0.6) is 0 Å². The van der Waals surface area contributed by atoms with E-state index in [9.17, 15) is 9.59 Å². The van der Waals surface area contributed by atoms with Gasteiger partial charge < -0.3 is 9.64 Å². The number of rotatable bonds is 6. The Labute approximate surface area is 185 Å². The molecule has 4 rings (SSSR count). The van der Waals surface area contributed by atoms with Gasteiger partial charge in [0.25, 0.3) is 5.91 Å². The molecular weight excluding hydrogens is 410 g/mol. The van der Waals surface area contributed by atoms with Crippen LogP contribution in [0.1, 0.15) is 17.5 Å². The van der Waals surface area contributed by atoms with Crippen molar-refractivity contribution in [1.29, 1.82) is 0 Å². The maximum atomic E-state index is 12.7. The monoisotopic (exact) mass is 435 g/mol. The number of carbonyl (C=O) groups is 2. The Balaban J connectivity index is 1.25. The molecule has 0 spiro atoms. The molecule has 160 valence electrons. The average molecular weight is 436 g/mol. The van der Waals surface area contributed by atoms with Crippen molar-refractivity contribution in [2.75, 3.05) is 26.2 Å². The summed E-state index contributed by atoms with van der Waals surface area (Å²) >= 11 is 1.50. The average Bonchev–Trinajstić information content (AvgIpc) is 3.21. The van der Waals surface area contributed by atoms with Crippen molar-refractivity contribution in [2.24, 2.45) is 0 Å². The van der Waals surface area contributed by atoms with E-state index in [1.54, 1.807) is 17.9 Å². The number of esters is 1. The minimum absolute atomic E-state index is 0.152. The van der Waals surface area contributed by atoms with Crippen LogP contribution in [0.15, 0.2) is 60.7 Å².